The van der Waals surface area contributed by atoms with E-state index in [4.69, 9.17) is 9.47 Å². The fraction of sp³-hybridized carbons (Fsp3) is 0.526. The highest BCUT2D eigenvalue weighted by Crippen LogP contribution is 2.41. The van der Waals surface area contributed by atoms with Gasteiger partial charge in [-0.05, 0) is 93.0 Å². The first-order valence-electron chi connectivity index (χ1n) is 16.3. The molecule has 1 aliphatic rings. The zero-order chi connectivity index (χ0) is 30.5. The van der Waals surface area contributed by atoms with Crippen molar-refractivity contribution in [1.29, 1.82) is 0 Å². The van der Waals surface area contributed by atoms with Crippen molar-refractivity contribution in [3.05, 3.63) is 71.8 Å². The Morgan fingerprint density at radius 2 is 1.31 bits per heavy atom. The largest absolute Gasteiger partial charge is 0.423 e. The number of carbonyl (C=O) groups is 2. The van der Waals surface area contributed by atoms with Crippen LogP contribution in [0.25, 0.3) is 11.1 Å². The number of carbonyl (C=O) groups excluding carboxylic acids is 2. The lowest BCUT2D eigenvalue weighted by atomic mass is 9.77. The average molecular weight is 573 g/mol. The fourth-order valence-electron chi connectivity index (χ4n) is 5.90. The molecule has 0 atom stereocenters. The molecule has 4 nitrogen and oxygen atoms in total. The predicted molar refractivity (Wildman–Crippen MR) is 174 cm³/mol. The Labute approximate surface area is 254 Å². The number of hydrogen-bond donors (Lipinski definition) is 0. The van der Waals surface area contributed by atoms with Crippen LogP contribution in [0, 0.1) is 5.92 Å². The highest BCUT2D eigenvalue weighted by molar-refractivity contribution is 5.91. The molecule has 1 saturated carbocycles. The van der Waals surface area contributed by atoms with Gasteiger partial charge in [0.15, 0.2) is 0 Å². The van der Waals surface area contributed by atoms with Crippen LogP contribution in [-0.4, -0.2) is 11.9 Å². The van der Waals surface area contributed by atoms with Crippen molar-refractivity contribution < 1.29 is 19.1 Å². The summed E-state index contributed by atoms with van der Waals surface area (Å²) < 4.78 is 11.7. The third-order valence-electron chi connectivity index (χ3n) is 8.57. The van der Waals surface area contributed by atoms with E-state index in [9.17, 15) is 9.59 Å². The highest BCUT2D eigenvalue weighted by Gasteiger charge is 2.23. The Hall–Kier alpha value is -3.14. The molecule has 4 heteroatoms. The molecule has 0 amide bonds. The maximum Gasteiger partial charge on any atom is 0.338 e. The molecule has 0 heterocycles. The van der Waals surface area contributed by atoms with Crippen molar-refractivity contribution in [2.75, 3.05) is 0 Å². The van der Waals surface area contributed by atoms with Gasteiger partial charge in [0.25, 0.3) is 0 Å². The van der Waals surface area contributed by atoms with Gasteiger partial charge in [0.05, 0.1) is 0 Å². The summed E-state index contributed by atoms with van der Waals surface area (Å²) >= 11 is 0. The number of rotatable bonds is 16. The van der Waals surface area contributed by atoms with Crippen LogP contribution >= 0.6 is 0 Å². The summed E-state index contributed by atoms with van der Waals surface area (Å²) in [4.78, 5) is 25.2. The molecule has 1 fully saturated rings. The van der Waals surface area contributed by atoms with Gasteiger partial charge in [-0.2, -0.15) is 0 Å². The fourth-order valence-corrected chi connectivity index (χ4v) is 5.90. The summed E-state index contributed by atoms with van der Waals surface area (Å²) in [6.07, 6.45) is 16.8. The molecule has 2 aromatic carbocycles. The topological polar surface area (TPSA) is 52.6 Å². The average Bonchev–Trinajstić information content (AvgIpc) is 2.98. The standard InChI is InChI=1S/C38H52O4/c1-7-9-11-12-14-16-33-25-36(42-38(40)28(5)6)34(26-35(33)41-37(39)27(3)4)32-23-21-31(22-24-32)30-19-17-29(18-20-30)15-13-10-8-2/h21-26,29-30H,3,5,7-20H2,1-2,4,6H3. The zero-order valence-electron chi connectivity index (χ0n) is 26.6. The molecule has 1 aliphatic carbocycles. The molecular formula is C38H52O4. The minimum absolute atomic E-state index is 0.334. The summed E-state index contributed by atoms with van der Waals surface area (Å²) in [5, 5.41) is 0. The molecule has 42 heavy (non-hydrogen) atoms. The van der Waals surface area contributed by atoms with Crippen molar-refractivity contribution >= 4 is 11.9 Å². The van der Waals surface area contributed by atoms with E-state index in [-0.39, 0.29) is 0 Å². The van der Waals surface area contributed by atoms with E-state index >= 15 is 0 Å². The van der Waals surface area contributed by atoms with Crippen molar-refractivity contribution in [2.24, 2.45) is 5.92 Å². The monoisotopic (exact) mass is 572 g/mol. The van der Waals surface area contributed by atoms with Crippen LogP contribution in [0.3, 0.4) is 0 Å². The van der Waals surface area contributed by atoms with E-state index in [0.717, 1.165) is 41.9 Å². The molecule has 2 aromatic rings. The lowest BCUT2D eigenvalue weighted by Crippen LogP contribution is -2.13. The number of unbranched alkanes of at least 4 members (excludes halogenated alkanes) is 6. The number of esters is 2. The van der Waals surface area contributed by atoms with E-state index in [2.05, 4.69) is 51.3 Å². The van der Waals surface area contributed by atoms with E-state index in [1.165, 1.54) is 76.2 Å². The van der Waals surface area contributed by atoms with Gasteiger partial charge in [0.2, 0.25) is 0 Å². The van der Waals surface area contributed by atoms with E-state index in [0.29, 0.717) is 28.6 Å². The summed E-state index contributed by atoms with van der Waals surface area (Å²) in [5.74, 6) is 1.49. The molecule has 0 aromatic heterocycles. The molecule has 3 rings (SSSR count). The lowest BCUT2D eigenvalue weighted by molar-refractivity contribution is -0.131. The van der Waals surface area contributed by atoms with Crippen molar-refractivity contribution in [3.8, 4) is 22.6 Å². The van der Waals surface area contributed by atoms with Gasteiger partial charge in [0.1, 0.15) is 11.5 Å². The minimum atomic E-state index is -0.468. The third kappa shape index (κ3) is 10.00. The second-order valence-corrected chi connectivity index (χ2v) is 12.3. The van der Waals surface area contributed by atoms with Crippen LogP contribution in [0.1, 0.15) is 128 Å². The minimum Gasteiger partial charge on any atom is -0.423 e. The van der Waals surface area contributed by atoms with Crippen LogP contribution in [0.15, 0.2) is 60.7 Å². The van der Waals surface area contributed by atoms with Gasteiger partial charge in [-0.3, -0.25) is 0 Å². The van der Waals surface area contributed by atoms with Crippen molar-refractivity contribution in [3.63, 3.8) is 0 Å². The quantitative estimate of drug-likeness (QED) is 0.0869. The Balaban J connectivity index is 1.88. The number of benzene rings is 2. The molecule has 0 spiro atoms. The summed E-state index contributed by atoms with van der Waals surface area (Å²) in [6, 6.07) is 12.3. The number of hydrogen-bond acceptors (Lipinski definition) is 4. The van der Waals surface area contributed by atoms with Gasteiger partial charge in [-0.15, -0.1) is 0 Å². The maximum absolute atomic E-state index is 12.6. The first kappa shape index (κ1) is 33.4. The first-order valence-corrected chi connectivity index (χ1v) is 16.3. The SMILES string of the molecule is C=C(C)C(=O)Oc1cc(-c2ccc(C3CCC(CCCCC)CC3)cc2)c(OC(=O)C(=C)C)cc1CCCCCCC. The van der Waals surface area contributed by atoms with Crippen LogP contribution in [0.4, 0.5) is 0 Å². The second kappa shape index (κ2) is 17.1. The molecule has 0 unspecified atom stereocenters. The van der Waals surface area contributed by atoms with Crippen LogP contribution in [0.5, 0.6) is 11.5 Å². The molecule has 228 valence electrons. The second-order valence-electron chi connectivity index (χ2n) is 12.3. The smallest absolute Gasteiger partial charge is 0.338 e. The molecule has 0 bridgehead atoms. The van der Waals surface area contributed by atoms with Crippen molar-refractivity contribution in [1.82, 2.24) is 0 Å². The van der Waals surface area contributed by atoms with E-state index in [1.807, 2.05) is 12.1 Å². The van der Waals surface area contributed by atoms with Gasteiger partial charge < -0.3 is 9.47 Å². The van der Waals surface area contributed by atoms with Crippen LogP contribution in [0.2, 0.25) is 0 Å². The maximum atomic E-state index is 12.6. The zero-order valence-corrected chi connectivity index (χ0v) is 26.6. The molecular weight excluding hydrogens is 520 g/mol. The van der Waals surface area contributed by atoms with Gasteiger partial charge >= 0.3 is 11.9 Å². The van der Waals surface area contributed by atoms with Gasteiger partial charge in [-0.1, -0.05) is 103 Å². The summed E-state index contributed by atoms with van der Waals surface area (Å²) in [6.45, 7) is 15.3. The van der Waals surface area contributed by atoms with Crippen LogP contribution in [-0.2, 0) is 16.0 Å². The van der Waals surface area contributed by atoms with Gasteiger partial charge in [0, 0.05) is 16.7 Å². The Bertz CT molecular complexity index is 1200. The first-order chi connectivity index (χ1) is 20.2. The third-order valence-corrected chi connectivity index (χ3v) is 8.57. The van der Waals surface area contributed by atoms with E-state index < -0.39 is 11.9 Å². The molecule has 0 N–H and O–H groups in total. The Kier molecular flexibility index (Phi) is 13.6. The molecule has 0 saturated heterocycles. The lowest BCUT2D eigenvalue weighted by Gasteiger charge is -2.29. The molecule has 0 aliphatic heterocycles. The summed E-state index contributed by atoms with van der Waals surface area (Å²) in [5.41, 5.74) is 4.52. The van der Waals surface area contributed by atoms with Crippen molar-refractivity contribution in [2.45, 2.75) is 124 Å². The van der Waals surface area contributed by atoms with Gasteiger partial charge in [-0.25, -0.2) is 9.59 Å². The predicted octanol–water partition coefficient (Wildman–Crippen LogP) is 10.7. The summed E-state index contributed by atoms with van der Waals surface area (Å²) in [7, 11) is 0. The normalized spacial score (nSPS) is 16.6. The number of aryl methyl sites for hydroxylation is 1. The van der Waals surface area contributed by atoms with Crippen LogP contribution < -0.4 is 9.47 Å². The van der Waals surface area contributed by atoms with E-state index in [1.54, 1.807) is 13.8 Å². The highest BCUT2D eigenvalue weighted by atomic mass is 16.5. The Morgan fingerprint density at radius 3 is 1.90 bits per heavy atom. The Morgan fingerprint density at radius 1 is 0.738 bits per heavy atom. The molecule has 0 radical (unpaired) electrons. The number of ether oxygens (including phenoxy) is 2.